The van der Waals surface area contributed by atoms with E-state index in [4.69, 9.17) is 0 Å². The predicted molar refractivity (Wildman–Crippen MR) is 69.0 cm³/mol. The first kappa shape index (κ1) is 12.3. The van der Waals surface area contributed by atoms with Gasteiger partial charge in [-0.2, -0.15) is 0 Å². The van der Waals surface area contributed by atoms with E-state index in [0.717, 1.165) is 10.5 Å². The fourth-order valence-corrected chi connectivity index (χ4v) is 2.38. The second-order valence-corrected chi connectivity index (χ2v) is 5.31. The van der Waals surface area contributed by atoms with Gasteiger partial charge in [-0.25, -0.2) is 0 Å². The molecule has 1 unspecified atom stereocenters. The van der Waals surface area contributed by atoms with Crippen molar-refractivity contribution >= 4 is 50.3 Å². The van der Waals surface area contributed by atoms with Gasteiger partial charge < -0.3 is 0 Å². The number of halogens is 2. The molecule has 1 nitrogen and oxygen atoms in total. The summed E-state index contributed by atoms with van der Waals surface area (Å²) in [4.78, 5) is 12.3. The maximum atomic E-state index is 11.7. The molecule has 14 heavy (non-hydrogen) atoms. The monoisotopic (exact) mass is 336 g/mol. The molecule has 0 radical (unpaired) electrons. The maximum Gasteiger partial charge on any atom is 0.177 e. The molecule has 0 saturated heterocycles. The molecule has 0 spiro atoms. The van der Waals surface area contributed by atoms with Gasteiger partial charge in [0.15, 0.2) is 5.78 Å². The van der Waals surface area contributed by atoms with Crippen LogP contribution in [0.25, 0.3) is 0 Å². The van der Waals surface area contributed by atoms with Crippen LogP contribution in [0.5, 0.6) is 0 Å². The van der Waals surface area contributed by atoms with Gasteiger partial charge in [0.25, 0.3) is 0 Å². The summed E-state index contributed by atoms with van der Waals surface area (Å²) >= 11 is 11.0. The molecule has 1 rings (SSSR count). The standard InChI is InChI=1S/C10H10Br2OS/c1-6(12)9(13)8-4-2-3-7(5-11)10(8)14/h2-4,6,14H,5H2,1H3. The molecule has 1 aromatic carbocycles. The van der Waals surface area contributed by atoms with E-state index >= 15 is 0 Å². The Bertz CT molecular complexity index is 350. The average molecular weight is 338 g/mol. The third-order valence-electron chi connectivity index (χ3n) is 1.89. The number of alkyl halides is 2. The third-order valence-corrected chi connectivity index (χ3v) is 3.44. The number of rotatable bonds is 3. The smallest absolute Gasteiger partial charge is 0.177 e. The minimum Gasteiger partial charge on any atom is -0.293 e. The number of carbonyl (C=O) groups is 1. The molecule has 0 fully saturated rings. The topological polar surface area (TPSA) is 17.1 Å². The average Bonchev–Trinajstić information content (AvgIpc) is 2.17. The van der Waals surface area contributed by atoms with Gasteiger partial charge in [0.1, 0.15) is 0 Å². The fraction of sp³-hybridized carbons (Fsp3) is 0.300. The number of thiol groups is 1. The summed E-state index contributed by atoms with van der Waals surface area (Å²) in [5.74, 6) is 0.0674. The highest BCUT2D eigenvalue weighted by Gasteiger charge is 2.15. The van der Waals surface area contributed by atoms with Crippen LogP contribution in [0.2, 0.25) is 0 Å². The minimum atomic E-state index is -0.168. The first-order chi connectivity index (χ1) is 6.57. The first-order valence-corrected chi connectivity index (χ1v) is 6.61. The van der Waals surface area contributed by atoms with Crippen molar-refractivity contribution in [3.8, 4) is 0 Å². The lowest BCUT2D eigenvalue weighted by Crippen LogP contribution is -2.11. The molecule has 0 aliphatic carbocycles. The van der Waals surface area contributed by atoms with Crippen LogP contribution in [0.3, 0.4) is 0 Å². The summed E-state index contributed by atoms with van der Waals surface area (Å²) in [5, 5.41) is 0.712. The molecule has 0 heterocycles. The molecule has 0 bridgehead atoms. The molecular formula is C10H10Br2OS. The van der Waals surface area contributed by atoms with Crippen molar-refractivity contribution in [2.45, 2.75) is 22.0 Å². The van der Waals surface area contributed by atoms with Crippen molar-refractivity contribution < 1.29 is 4.79 Å². The Hall–Kier alpha value is 0.200. The zero-order valence-electron chi connectivity index (χ0n) is 7.63. The molecule has 76 valence electrons. The Kier molecular flexibility index (Phi) is 4.67. The number of ketones is 1. The second kappa shape index (κ2) is 5.33. The van der Waals surface area contributed by atoms with Gasteiger partial charge in [0.05, 0.1) is 4.83 Å². The number of benzene rings is 1. The lowest BCUT2D eigenvalue weighted by molar-refractivity contribution is 0.0993. The van der Waals surface area contributed by atoms with Gasteiger partial charge in [0, 0.05) is 15.8 Å². The molecule has 0 aliphatic heterocycles. The Balaban J connectivity index is 3.16. The van der Waals surface area contributed by atoms with E-state index in [-0.39, 0.29) is 10.6 Å². The number of hydrogen-bond donors (Lipinski definition) is 1. The van der Waals surface area contributed by atoms with Crippen LogP contribution in [-0.4, -0.2) is 10.6 Å². The molecule has 1 aromatic rings. The van der Waals surface area contributed by atoms with Crippen LogP contribution >= 0.6 is 44.5 Å². The van der Waals surface area contributed by atoms with E-state index in [2.05, 4.69) is 44.5 Å². The number of Topliss-reactive ketones (excluding diaryl/α,β-unsaturated/α-hetero) is 1. The van der Waals surface area contributed by atoms with Crippen molar-refractivity contribution in [3.63, 3.8) is 0 Å². The highest BCUT2D eigenvalue weighted by atomic mass is 79.9. The SMILES string of the molecule is CC(Br)C(=O)c1cccc(CBr)c1S. The highest BCUT2D eigenvalue weighted by molar-refractivity contribution is 9.10. The van der Waals surface area contributed by atoms with Gasteiger partial charge in [-0.1, -0.05) is 50.1 Å². The molecule has 0 amide bonds. The van der Waals surface area contributed by atoms with Crippen molar-refractivity contribution in [2.24, 2.45) is 0 Å². The molecule has 0 aliphatic rings. The highest BCUT2D eigenvalue weighted by Crippen LogP contribution is 2.23. The summed E-state index contributed by atoms with van der Waals surface area (Å²) in [6, 6.07) is 5.63. The second-order valence-electron chi connectivity index (χ2n) is 2.93. The van der Waals surface area contributed by atoms with Crippen LogP contribution in [0.1, 0.15) is 22.8 Å². The van der Waals surface area contributed by atoms with Crippen LogP contribution < -0.4 is 0 Å². The quantitative estimate of drug-likeness (QED) is 0.504. The summed E-state index contributed by atoms with van der Waals surface area (Å²) in [6.45, 7) is 1.82. The predicted octanol–water partition coefficient (Wildman–Crippen LogP) is 3.84. The lowest BCUT2D eigenvalue weighted by atomic mass is 10.1. The van der Waals surface area contributed by atoms with E-state index in [9.17, 15) is 4.79 Å². The van der Waals surface area contributed by atoms with Crippen molar-refractivity contribution in [2.75, 3.05) is 0 Å². The molecule has 1 atom stereocenters. The van der Waals surface area contributed by atoms with Gasteiger partial charge in [-0.05, 0) is 12.5 Å². The van der Waals surface area contributed by atoms with Gasteiger partial charge in [-0.15, -0.1) is 12.6 Å². The molecule has 0 aromatic heterocycles. The van der Waals surface area contributed by atoms with Crippen molar-refractivity contribution in [1.29, 1.82) is 0 Å². The summed E-state index contributed by atoms with van der Waals surface area (Å²) in [5.41, 5.74) is 1.71. The van der Waals surface area contributed by atoms with E-state index < -0.39 is 0 Å². The Morgan fingerprint density at radius 3 is 2.71 bits per heavy atom. The van der Waals surface area contributed by atoms with Crippen LogP contribution in [0.4, 0.5) is 0 Å². The molecule has 0 saturated carbocycles. The third kappa shape index (κ3) is 2.61. The van der Waals surface area contributed by atoms with Crippen molar-refractivity contribution in [3.05, 3.63) is 29.3 Å². The Morgan fingerprint density at radius 2 is 2.21 bits per heavy atom. The van der Waals surface area contributed by atoms with Crippen LogP contribution in [0, 0.1) is 0 Å². The Labute approximate surface area is 106 Å². The van der Waals surface area contributed by atoms with Gasteiger partial charge in [-0.3, -0.25) is 4.79 Å². The minimum absolute atomic E-state index is 0.0674. The van der Waals surface area contributed by atoms with Crippen molar-refractivity contribution in [1.82, 2.24) is 0 Å². The molecule has 4 heteroatoms. The van der Waals surface area contributed by atoms with Gasteiger partial charge >= 0.3 is 0 Å². The molecular weight excluding hydrogens is 328 g/mol. The summed E-state index contributed by atoms with van der Waals surface area (Å²) < 4.78 is 0. The fourth-order valence-electron chi connectivity index (χ4n) is 1.11. The normalized spacial score (nSPS) is 12.6. The summed E-state index contributed by atoms with van der Waals surface area (Å²) in [7, 11) is 0. The number of carbonyl (C=O) groups excluding carboxylic acids is 1. The van der Waals surface area contributed by atoms with Crippen LogP contribution in [-0.2, 0) is 5.33 Å². The molecule has 0 N–H and O–H groups in total. The van der Waals surface area contributed by atoms with Gasteiger partial charge in [0.2, 0.25) is 0 Å². The zero-order valence-corrected chi connectivity index (χ0v) is 11.7. The van der Waals surface area contributed by atoms with E-state index in [1.165, 1.54) is 0 Å². The summed E-state index contributed by atoms with van der Waals surface area (Å²) in [6.07, 6.45) is 0. The Morgan fingerprint density at radius 1 is 1.57 bits per heavy atom. The zero-order chi connectivity index (χ0) is 10.7. The lowest BCUT2D eigenvalue weighted by Gasteiger charge is -2.08. The number of hydrogen-bond acceptors (Lipinski definition) is 2. The van der Waals surface area contributed by atoms with E-state index in [0.29, 0.717) is 10.9 Å². The largest absolute Gasteiger partial charge is 0.293 e. The van der Waals surface area contributed by atoms with Crippen LogP contribution in [0.15, 0.2) is 23.1 Å². The van der Waals surface area contributed by atoms with E-state index in [1.807, 2.05) is 19.1 Å². The first-order valence-electron chi connectivity index (χ1n) is 4.13. The maximum absolute atomic E-state index is 11.7. The van der Waals surface area contributed by atoms with E-state index in [1.54, 1.807) is 6.07 Å².